The van der Waals surface area contributed by atoms with Crippen LogP contribution in [-0.2, 0) is 0 Å². The first-order chi connectivity index (χ1) is 13.2. The molecule has 0 saturated carbocycles. The average Bonchev–Trinajstić information content (AvgIpc) is 3.14. The van der Waals surface area contributed by atoms with Crippen LogP contribution in [0.15, 0.2) is 30.6 Å². The lowest BCUT2D eigenvalue weighted by atomic mass is 10.0. The van der Waals surface area contributed by atoms with E-state index < -0.39 is 0 Å². The molecule has 0 spiro atoms. The first kappa shape index (κ1) is 17.2. The van der Waals surface area contributed by atoms with E-state index in [1.54, 1.807) is 38.5 Å². The summed E-state index contributed by atoms with van der Waals surface area (Å²) in [4.78, 5) is 8.62. The Hall–Kier alpha value is -3.26. The zero-order valence-electron chi connectivity index (χ0n) is 14.9. The van der Waals surface area contributed by atoms with Gasteiger partial charge in [-0.3, -0.25) is 0 Å². The van der Waals surface area contributed by atoms with Gasteiger partial charge >= 0.3 is 0 Å². The van der Waals surface area contributed by atoms with Crippen LogP contribution in [0.4, 0.5) is 11.5 Å². The first-order valence-corrected chi connectivity index (χ1v) is 8.39. The van der Waals surface area contributed by atoms with Gasteiger partial charge < -0.3 is 29.7 Å². The topological polar surface area (TPSA) is 106 Å². The van der Waals surface area contributed by atoms with E-state index in [9.17, 15) is 10.2 Å². The number of aromatic hydroxyl groups is 1. The van der Waals surface area contributed by atoms with Gasteiger partial charge in [0, 0.05) is 22.9 Å². The fourth-order valence-electron chi connectivity index (χ4n) is 3.26. The van der Waals surface area contributed by atoms with Crippen molar-refractivity contribution in [3.05, 3.63) is 36.2 Å². The normalized spacial score (nSPS) is 15.3. The highest BCUT2D eigenvalue weighted by atomic mass is 16.5. The fourth-order valence-corrected chi connectivity index (χ4v) is 3.26. The fraction of sp³-hybridized carbons (Fsp3) is 0.263. The second kappa shape index (κ2) is 6.81. The summed E-state index contributed by atoms with van der Waals surface area (Å²) in [5, 5.41) is 23.6. The molecular weight excluding hydrogens is 350 g/mol. The number of hydrogen-bond acceptors (Lipinski definition) is 8. The van der Waals surface area contributed by atoms with E-state index in [1.165, 1.54) is 6.33 Å². The van der Waals surface area contributed by atoms with Crippen molar-refractivity contribution < 1.29 is 24.4 Å². The van der Waals surface area contributed by atoms with Gasteiger partial charge in [-0.25, -0.2) is 9.97 Å². The molecule has 0 bridgehead atoms. The molecule has 1 aliphatic heterocycles. The summed E-state index contributed by atoms with van der Waals surface area (Å²) in [7, 11) is 3.13. The van der Waals surface area contributed by atoms with Crippen LogP contribution >= 0.6 is 0 Å². The summed E-state index contributed by atoms with van der Waals surface area (Å²) >= 11 is 0. The summed E-state index contributed by atoms with van der Waals surface area (Å²) in [6.07, 6.45) is 1.45. The maximum atomic E-state index is 10.1. The van der Waals surface area contributed by atoms with Gasteiger partial charge in [-0.2, -0.15) is 0 Å². The maximum Gasteiger partial charge on any atom is 0.162 e. The smallest absolute Gasteiger partial charge is 0.162 e. The van der Waals surface area contributed by atoms with E-state index in [1.807, 2.05) is 0 Å². The Morgan fingerprint density at radius 1 is 1.19 bits per heavy atom. The number of anilines is 2. The zero-order chi connectivity index (χ0) is 19.0. The van der Waals surface area contributed by atoms with Crippen LogP contribution in [0.1, 0.15) is 11.5 Å². The average molecular weight is 369 g/mol. The molecule has 2 heterocycles. The molecule has 4 rings (SSSR count). The van der Waals surface area contributed by atoms with Gasteiger partial charge in [-0.05, 0) is 18.2 Å². The van der Waals surface area contributed by atoms with E-state index in [2.05, 4.69) is 15.3 Å². The number of methoxy groups -OCH3 is 2. The molecule has 27 heavy (non-hydrogen) atoms. The second-order valence-electron chi connectivity index (χ2n) is 6.14. The molecule has 3 N–H and O–H groups in total. The zero-order valence-corrected chi connectivity index (χ0v) is 14.9. The molecule has 0 fully saturated rings. The van der Waals surface area contributed by atoms with Gasteiger partial charge in [0.05, 0.1) is 38.6 Å². The summed E-state index contributed by atoms with van der Waals surface area (Å²) in [6.45, 7) is 0.213. The van der Waals surface area contributed by atoms with Gasteiger partial charge in [0.2, 0.25) is 0 Å². The van der Waals surface area contributed by atoms with Crippen molar-refractivity contribution in [3.63, 3.8) is 0 Å². The van der Waals surface area contributed by atoms with Crippen LogP contribution in [0.25, 0.3) is 10.9 Å². The molecule has 8 nitrogen and oxygen atoms in total. The molecule has 0 saturated heterocycles. The molecule has 0 radical (unpaired) electrons. The molecule has 1 aliphatic rings. The minimum absolute atomic E-state index is 0.0998. The number of phenolic OH excluding ortho intramolecular Hbond substituents is 1. The largest absolute Gasteiger partial charge is 0.508 e. The number of rotatable bonds is 5. The monoisotopic (exact) mass is 369 g/mol. The minimum Gasteiger partial charge on any atom is -0.508 e. The lowest BCUT2D eigenvalue weighted by molar-refractivity contribution is 0.231. The third-order valence-electron chi connectivity index (χ3n) is 4.62. The summed E-state index contributed by atoms with van der Waals surface area (Å²) in [5.41, 5.74) is 1.93. The number of fused-ring (bicyclic) bond motifs is 2. The number of ether oxygens (including phenoxy) is 3. The Labute approximate surface area is 155 Å². The highest BCUT2D eigenvalue weighted by molar-refractivity contribution is 5.93. The van der Waals surface area contributed by atoms with Gasteiger partial charge in [-0.1, -0.05) is 0 Å². The highest BCUT2D eigenvalue weighted by Crippen LogP contribution is 2.46. The molecule has 1 atom stereocenters. The first-order valence-electron chi connectivity index (χ1n) is 8.39. The lowest BCUT2D eigenvalue weighted by Gasteiger charge is -2.14. The van der Waals surface area contributed by atoms with E-state index in [-0.39, 0.29) is 18.3 Å². The predicted octanol–water partition coefficient (Wildman–Crippen LogP) is 2.56. The van der Waals surface area contributed by atoms with Crippen molar-refractivity contribution in [2.24, 2.45) is 0 Å². The van der Waals surface area contributed by atoms with Crippen LogP contribution in [0.5, 0.6) is 23.0 Å². The van der Waals surface area contributed by atoms with Crippen molar-refractivity contribution in [3.8, 4) is 23.0 Å². The van der Waals surface area contributed by atoms with Gasteiger partial charge in [0.1, 0.15) is 23.6 Å². The number of nitrogens with zero attached hydrogens (tertiary/aromatic N) is 2. The van der Waals surface area contributed by atoms with Crippen LogP contribution in [-0.4, -0.2) is 47.6 Å². The quantitative estimate of drug-likeness (QED) is 0.589. The number of aromatic nitrogens is 2. The lowest BCUT2D eigenvalue weighted by Crippen LogP contribution is -2.04. The number of hydrogen-bond donors (Lipinski definition) is 3. The van der Waals surface area contributed by atoms with Crippen molar-refractivity contribution in [1.29, 1.82) is 0 Å². The molecular formula is C19H19N3O5. The van der Waals surface area contributed by atoms with Crippen molar-refractivity contribution in [2.75, 3.05) is 32.8 Å². The van der Waals surface area contributed by atoms with E-state index >= 15 is 0 Å². The summed E-state index contributed by atoms with van der Waals surface area (Å²) in [5.74, 6) is 2.06. The second-order valence-corrected chi connectivity index (χ2v) is 6.14. The van der Waals surface area contributed by atoms with Gasteiger partial charge in [0.15, 0.2) is 11.5 Å². The molecule has 8 heteroatoms. The Balaban J connectivity index is 1.80. The Morgan fingerprint density at radius 3 is 2.70 bits per heavy atom. The maximum absolute atomic E-state index is 10.1. The van der Waals surface area contributed by atoms with E-state index in [0.29, 0.717) is 46.4 Å². The Bertz CT molecular complexity index is 1010. The van der Waals surface area contributed by atoms with Crippen LogP contribution in [0, 0.1) is 0 Å². The van der Waals surface area contributed by atoms with Crippen LogP contribution in [0.2, 0.25) is 0 Å². The molecule has 0 amide bonds. The van der Waals surface area contributed by atoms with Gasteiger partial charge in [-0.15, -0.1) is 0 Å². The van der Waals surface area contributed by atoms with Crippen LogP contribution < -0.4 is 19.5 Å². The minimum atomic E-state index is -0.256. The number of benzene rings is 2. The molecule has 1 unspecified atom stereocenters. The summed E-state index contributed by atoms with van der Waals surface area (Å²) in [6, 6.07) is 6.86. The number of aliphatic hydroxyl groups is 1. The number of phenols is 1. The van der Waals surface area contributed by atoms with Crippen molar-refractivity contribution >= 4 is 22.4 Å². The highest BCUT2D eigenvalue weighted by Gasteiger charge is 2.29. The predicted molar refractivity (Wildman–Crippen MR) is 99.4 cm³/mol. The Kier molecular flexibility index (Phi) is 4.33. The number of nitrogens with one attached hydrogen (secondary N) is 1. The third-order valence-corrected chi connectivity index (χ3v) is 4.62. The SMILES string of the molecule is COc1cc2ncnc(Nc3ccc(O)c4c3OCC4CO)c2cc1OC. The molecule has 2 aromatic carbocycles. The molecule has 0 aliphatic carbocycles. The third kappa shape index (κ3) is 2.83. The van der Waals surface area contributed by atoms with Crippen LogP contribution in [0.3, 0.4) is 0 Å². The van der Waals surface area contributed by atoms with E-state index in [0.717, 1.165) is 5.39 Å². The standard InChI is InChI=1S/C19H19N3O5/c1-25-15-5-11-13(6-16(15)26-2)20-9-21-19(11)22-12-3-4-14(24)17-10(7-23)8-27-18(12)17/h3-6,9-10,23-24H,7-8H2,1-2H3,(H,20,21,22). The van der Waals surface area contributed by atoms with Crippen molar-refractivity contribution in [2.45, 2.75) is 5.92 Å². The summed E-state index contributed by atoms with van der Waals surface area (Å²) < 4.78 is 16.4. The number of aliphatic hydroxyl groups excluding tert-OH is 1. The Morgan fingerprint density at radius 2 is 1.96 bits per heavy atom. The molecule has 140 valence electrons. The molecule has 3 aromatic rings. The van der Waals surface area contributed by atoms with E-state index in [4.69, 9.17) is 14.2 Å². The van der Waals surface area contributed by atoms with Crippen molar-refractivity contribution in [1.82, 2.24) is 9.97 Å². The van der Waals surface area contributed by atoms with Gasteiger partial charge in [0.25, 0.3) is 0 Å². The molecule has 1 aromatic heterocycles.